The van der Waals surface area contributed by atoms with Gasteiger partial charge in [-0.15, -0.1) is 0 Å². The smallest absolute Gasteiger partial charge is 0.339 e. The Balaban J connectivity index is 2.36. The van der Waals surface area contributed by atoms with Crippen molar-refractivity contribution in [3.8, 4) is 0 Å². The molecule has 0 bridgehead atoms. The van der Waals surface area contributed by atoms with Gasteiger partial charge in [-0.05, 0) is 25.3 Å². The first-order chi connectivity index (χ1) is 7.59. The van der Waals surface area contributed by atoms with Crippen molar-refractivity contribution >= 4 is 11.7 Å². The van der Waals surface area contributed by atoms with Crippen LogP contribution in [0.15, 0.2) is 18.5 Å². The van der Waals surface area contributed by atoms with Gasteiger partial charge >= 0.3 is 5.97 Å². The maximum Gasteiger partial charge on any atom is 0.339 e. The van der Waals surface area contributed by atoms with Crippen molar-refractivity contribution in [2.45, 2.75) is 26.3 Å². The summed E-state index contributed by atoms with van der Waals surface area (Å²) in [5, 5.41) is 9.11. The van der Waals surface area contributed by atoms with Gasteiger partial charge < -0.3 is 10.0 Å². The summed E-state index contributed by atoms with van der Waals surface area (Å²) < 4.78 is 0. The number of aromatic nitrogens is 1. The van der Waals surface area contributed by atoms with E-state index in [4.69, 9.17) is 5.11 Å². The molecule has 1 aliphatic heterocycles. The van der Waals surface area contributed by atoms with Crippen molar-refractivity contribution in [2.24, 2.45) is 5.92 Å². The summed E-state index contributed by atoms with van der Waals surface area (Å²) in [6.07, 6.45) is 4.19. The van der Waals surface area contributed by atoms with E-state index >= 15 is 0 Å². The second-order valence-corrected chi connectivity index (χ2v) is 4.54. The Bertz CT molecular complexity index is 406. The molecular weight excluding hydrogens is 204 g/mol. The van der Waals surface area contributed by atoms with Crippen molar-refractivity contribution < 1.29 is 9.90 Å². The van der Waals surface area contributed by atoms with E-state index in [1.54, 1.807) is 12.3 Å². The monoisotopic (exact) mass is 220 g/mol. The number of anilines is 1. The van der Waals surface area contributed by atoms with Crippen LogP contribution in [-0.4, -0.2) is 28.6 Å². The molecule has 16 heavy (non-hydrogen) atoms. The Labute approximate surface area is 94.9 Å². The van der Waals surface area contributed by atoms with Crippen molar-refractivity contribution in [2.75, 3.05) is 11.4 Å². The van der Waals surface area contributed by atoms with Crippen LogP contribution in [-0.2, 0) is 0 Å². The van der Waals surface area contributed by atoms with Crippen LogP contribution >= 0.6 is 0 Å². The molecule has 0 aliphatic carbocycles. The highest BCUT2D eigenvalue weighted by molar-refractivity contribution is 5.94. The molecule has 4 heteroatoms. The molecule has 1 N–H and O–H groups in total. The van der Waals surface area contributed by atoms with Crippen LogP contribution in [0.4, 0.5) is 5.69 Å². The minimum Gasteiger partial charge on any atom is -0.478 e. The fraction of sp³-hybridized carbons (Fsp3) is 0.500. The van der Waals surface area contributed by atoms with E-state index in [2.05, 4.69) is 23.7 Å². The molecule has 86 valence electrons. The lowest BCUT2D eigenvalue weighted by atomic mass is 10.1. The van der Waals surface area contributed by atoms with Gasteiger partial charge in [0.05, 0.1) is 5.69 Å². The lowest BCUT2D eigenvalue weighted by molar-refractivity contribution is 0.0697. The maximum atomic E-state index is 11.1. The average Bonchev–Trinajstić information content (AvgIpc) is 2.57. The molecule has 0 spiro atoms. The highest BCUT2D eigenvalue weighted by Crippen LogP contribution is 2.30. The molecule has 1 fully saturated rings. The van der Waals surface area contributed by atoms with Crippen molar-refractivity contribution in [3.05, 3.63) is 24.0 Å². The number of carbonyl (C=O) groups is 1. The van der Waals surface area contributed by atoms with E-state index in [1.165, 1.54) is 6.20 Å². The van der Waals surface area contributed by atoms with E-state index < -0.39 is 5.97 Å². The largest absolute Gasteiger partial charge is 0.478 e. The SMILES string of the molecule is C[C@@H]1C[C@@H](C)N(c2ccncc2C(=O)O)C1. The van der Waals surface area contributed by atoms with Crippen LogP contribution in [0.1, 0.15) is 30.6 Å². The molecule has 2 heterocycles. The Hall–Kier alpha value is -1.58. The zero-order valence-corrected chi connectivity index (χ0v) is 9.55. The van der Waals surface area contributed by atoms with E-state index in [-0.39, 0.29) is 0 Å². The zero-order valence-electron chi connectivity index (χ0n) is 9.55. The quantitative estimate of drug-likeness (QED) is 0.828. The predicted octanol–water partition coefficient (Wildman–Crippen LogP) is 2.01. The van der Waals surface area contributed by atoms with E-state index in [0.717, 1.165) is 18.7 Å². The molecule has 1 aromatic heterocycles. The number of carboxylic acids is 1. The number of hydrogen-bond donors (Lipinski definition) is 1. The third-order valence-corrected chi connectivity index (χ3v) is 3.12. The second-order valence-electron chi connectivity index (χ2n) is 4.54. The minimum absolute atomic E-state index is 0.295. The van der Waals surface area contributed by atoms with E-state index in [9.17, 15) is 4.79 Å². The average molecular weight is 220 g/mol. The molecule has 1 aromatic rings. The van der Waals surface area contributed by atoms with Crippen LogP contribution in [0, 0.1) is 5.92 Å². The Kier molecular flexibility index (Phi) is 2.81. The maximum absolute atomic E-state index is 11.1. The summed E-state index contributed by atoms with van der Waals surface area (Å²) in [7, 11) is 0. The van der Waals surface area contributed by atoms with Crippen molar-refractivity contribution in [1.29, 1.82) is 0 Å². The highest BCUT2D eigenvalue weighted by Gasteiger charge is 2.28. The van der Waals surface area contributed by atoms with Gasteiger partial charge in [-0.3, -0.25) is 4.98 Å². The molecule has 0 aromatic carbocycles. The lowest BCUT2D eigenvalue weighted by Crippen LogP contribution is -2.28. The molecule has 0 radical (unpaired) electrons. The Morgan fingerprint density at radius 3 is 2.88 bits per heavy atom. The highest BCUT2D eigenvalue weighted by atomic mass is 16.4. The standard InChI is InChI=1S/C12H16N2O2/c1-8-5-9(2)14(7-8)11-3-4-13-6-10(11)12(15)16/h3-4,6,8-9H,5,7H2,1-2H3,(H,15,16)/t8-,9-/m1/s1. The molecule has 2 atom stereocenters. The van der Waals surface area contributed by atoms with Gasteiger partial charge in [-0.1, -0.05) is 6.92 Å². The first kappa shape index (κ1) is 10.9. The van der Waals surface area contributed by atoms with E-state index in [1.807, 2.05) is 0 Å². The summed E-state index contributed by atoms with van der Waals surface area (Å²) >= 11 is 0. The number of aromatic carboxylic acids is 1. The third-order valence-electron chi connectivity index (χ3n) is 3.12. The zero-order chi connectivity index (χ0) is 11.7. The van der Waals surface area contributed by atoms with E-state index in [0.29, 0.717) is 17.5 Å². The van der Waals surface area contributed by atoms with Crippen LogP contribution in [0.3, 0.4) is 0 Å². The van der Waals surface area contributed by atoms with Gasteiger partial charge in [0, 0.05) is 25.0 Å². The number of hydrogen-bond acceptors (Lipinski definition) is 3. The lowest BCUT2D eigenvalue weighted by Gasteiger charge is -2.25. The number of carboxylic acid groups (broad SMARTS) is 1. The first-order valence-corrected chi connectivity index (χ1v) is 5.53. The van der Waals surface area contributed by atoms with Gasteiger partial charge in [0.25, 0.3) is 0 Å². The van der Waals surface area contributed by atoms with Crippen molar-refractivity contribution in [3.63, 3.8) is 0 Å². The van der Waals surface area contributed by atoms with Gasteiger partial charge in [0.2, 0.25) is 0 Å². The van der Waals surface area contributed by atoms with Gasteiger partial charge in [-0.2, -0.15) is 0 Å². The minimum atomic E-state index is -0.908. The molecule has 1 aliphatic rings. The van der Waals surface area contributed by atoms with Crippen LogP contribution in [0.2, 0.25) is 0 Å². The Morgan fingerprint density at radius 1 is 1.56 bits per heavy atom. The predicted molar refractivity (Wildman–Crippen MR) is 61.8 cm³/mol. The van der Waals surface area contributed by atoms with Gasteiger partial charge in [-0.25, -0.2) is 4.79 Å². The summed E-state index contributed by atoms with van der Waals surface area (Å²) in [5.74, 6) is -0.292. The first-order valence-electron chi connectivity index (χ1n) is 5.53. The van der Waals surface area contributed by atoms with Crippen LogP contribution < -0.4 is 4.90 Å². The topological polar surface area (TPSA) is 53.4 Å². The number of nitrogens with zero attached hydrogens (tertiary/aromatic N) is 2. The summed E-state index contributed by atoms with van der Waals surface area (Å²) in [5.41, 5.74) is 1.09. The fourth-order valence-electron chi connectivity index (χ4n) is 2.44. The Morgan fingerprint density at radius 2 is 2.31 bits per heavy atom. The summed E-state index contributed by atoms with van der Waals surface area (Å²) in [6, 6.07) is 2.19. The summed E-state index contributed by atoms with van der Waals surface area (Å²) in [4.78, 5) is 17.1. The molecule has 0 unspecified atom stereocenters. The fourth-order valence-corrected chi connectivity index (χ4v) is 2.44. The van der Waals surface area contributed by atoms with Gasteiger partial charge in [0.1, 0.15) is 5.56 Å². The molecule has 4 nitrogen and oxygen atoms in total. The third kappa shape index (κ3) is 1.87. The van der Waals surface area contributed by atoms with Crippen LogP contribution in [0.5, 0.6) is 0 Å². The molecule has 0 saturated carbocycles. The second kappa shape index (κ2) is 4.12. The molecule has 0 amide bonds. The normalized spacial score (nSPS) is 24.8. The summed E-state index contributed by atoms with van der Waals surface area (Å²) in [6.45, 7) is 5.25. The van der Waals surface area contributed by atoms with Gasteiger partial charge in [0.15, 0.2) is 0 Å². The molecule has 2 rings (SSSR count). The number of pyridine rings is 1. The molecular formula is C12H16N2O2. The van der Waals surface area contributed by atoms with Crippen LogP contribution in [0.25, 0.3) is 0 Å². The molecule has 1 saturated heterocycles. The van der Waals surface area contributed by atoms with Crippen molar-refractivity contribution in [1.82, 2.24) is 4.98 Å². The number of rotatable bonds is 2.